The van der Waals surface area contributed by atoms with Crippen LogP contribution in [0.5, 0.6) is 5.75 Å². The third-order valence-corrected chi connectivity index (χ3v) is 4.45. The summed E-state index contributed by atoms with van der Waals surface area (Å²) in [5.74, 6) is 0.993. The number of ether oxygens (including phenoxy) is 1. The van der Waals surface area contributed by atoms with Gasteiger partial charge in [-0.1, -0.05) is 23.7 Å². The molecule has 2 aromatic carbocycles. The van der Waals surface area contributed by atoms with Gasteiger partial charge in [-0.2, -0.15) is 0 Å². The van der Waals surface area contributed by atoms with Crippen molar-refractivity contribution in [3.05, 3.63) is 61.7 Å². The highest BCUT2D eigenvalue weighted by molar-refractivity contribution is 14.1. The highest BCUT2D eigenvalue weighted by Gasteiger charge is 2.23. The van der Waals surface area contributed by atoms with Crippen molar-refractivity contribution in [1.82, 2.24) is 5.32 Å². The molecule has 0 aromatic heterocycles. The fourth-order valence-electron chi connectivity index (χ4n) is 2.70. The molecule has 1 unspecified atom stereocenters. The standard InChI is InChI=1S/C16H15ClINO/c1-19-15(10-3-2-4-13(18)8-10)14-9-12(17)7-11-5-6-20-16(11)14/h2-4,7-9,15,19H,5-6H2,1H3. The lowest BCUT2D eigenvalue weighted by atomic mass is 9.96. The predicted octanol–water partition coefficient (Wildman–Crippen LogP) is 4.19. The molecule has 4 heteroatoms. The number of hydrogen-bond acceptors (Lipinski definition) is 2. The number of rotatable bonds is 3. The third-order valence-electron chi connectivity index (χ3n) is 3.56. The van der Waals surface area contributed by atoms with Crippen LogP contribution in [0.15, 0.2) is 36.4 Å². The van der Waals surface area contributed by atoms with Gasteiger partial charge in [-0.3, -0.25) is 0 Å². The lowest BCUT2D eigenvalue weighted by Crippen LogP contribution is -2.18. The summed E-state index contributed by atoms with van der Waals surface area (Å²) in [6, 6.07) is 12.6. The Hall–Kier alpha value is -0.780. The van der Waals surface area contributed by atoms with E-state index in [4.69, 9.17) is 16.3 Å². The number of fused-ring (bicyclic) bond motifs is 1. The molecule has 0 saturated heterocycles. The monoisotopic (exact) mass is 399 g/mol. The molecule has 0 fully saturated rings. The molecule has 3 rings (SSSR count). The maximum absolute atomic E-state index is 6.26. The third kappa shape index (κ3) is 2.67. The molecule has 1 aliphatic heterocycles. The summed E-state index contributed by atoms with van der Waals surface area (Å²) in [6.45, 7) is 0.742. The van der Waals surface area contributed by atoms with E-state index >= 15 is 0 Å². The molecule has 104 valence electrons. The summed E-state index contributed by atoms with van der Waals surface area (Å²) in [4.78, 5) is 0. The van der Waals surface area contributed by atoms with Crippen LogP contribution in [0.25, 0.3) is 0 Å². The summed E-state index contributed by atoms with van der Waals surface area (Å²) in [5, 5.41) is 4.15. The first kappa shape index (κ1) is 14.2. The van der Waals surface area contributed by atoms with Gasteiger partial charge in [-0.15, -0.1) is 0 Å². The van der Waals surface area contributed by atoms with E-state index < -0.39 is 0 Å². The molecule has 20 heavy (non-hydrogen) atoms. The van der Waals surface area contributed by atoms with Crippen molar-refractivity contribution in [2.75, 3.05) is 13.7 Å². The van der Waals surface area contributed by atoms with E-state index in [1.165, 1.54) is 14.7 Å². The first-order valence-electron chi connectivity index (χ1n) is 6.57. The van der Waals surface area contributed by atoms with Gasteiger partial charge in [-0.05, 0) is 65.0 Å². The van der Waals surface area contributed by atoms with E-state index in [9.17, 15) is 0 Å². The second kappa shape index (κ2) is 5.92. The maximum atomic E-state index is 6.26. The summed E-state index contributed by atoms with van der Waals surface area (Å²) < 4.78 is 7.04. The van der Waals surface area contributed by atoms with Gasteiger partial charge in [0.05, 0.1) is 12.6 Å². The number of benzene rings is 2. The normalized spacial score (nSPS) is 14.8. The van der Waals surface area contributed by atoms with Gasteiger partial charge < -0.3 is 10.1 Å². The Morgan fingerprint density at radius 3 is 2.90 bits per heavy atom. The Labute approximate surface area is 137 Å². The Morgan fingerprint density at radius 2 is 2.15 bits per heavy atom. The van der Waals surface area contributed by atoms with Crippen LogP contribution in [0.3, 0.4) is 0 Å². The van der Waals surface area contributed by atoms with E-state index in [0.29, 0.717) is 0 Å². The zero-order valence-corrected chi connectivity index (χ0v) is 14.0. The van der Waals surface area contributed by atoms with Crippen molar-refractivity contribution in [1.29, 1.82) is 0 Å². The number of nitrogens with one attached hydrogen (secondary N) is 1. The van der Waals surface area contributed by atoms with E-state index in [0.717, 1.165) is 29.4 Å². The topological polar surface area (TPSA) is 21.3 Å². The van der Waals surface area contributed by atoms with Crippen molar-refractivity contribution in [3.8, 4) is 5.75 Å². The largest absolute Gasteiger partial charge is 0.493 e. The van der Waals surface area contributed by atoms with E-state index in [1.54, 1.807) is 0 Å². The first-order chi connectivity index (χ1) is 9.69. The SMILES string of the molecule is CNC(c1cccc(I)c1)c1cc(Cl)cc2c1OCC2. The first-order valence-corrected chi connectivity index (χ1v) is 8.02. The molecular weight excluding hydrogens is 385 g/mol. The van der Waals surface area contributed by atoms with E-state index in [1.807, 2.05) is 19.2 Å². The van der Waals surface area contributed by atoms with Crippen LogP contribution in [0, 0.1) is 3.57 Å². The molecule has 2 aromatic rings. The zero-order valence-electron chi connectivity index (χ0n) is 11.1. The molecule has 1 atom stereocenters. The van der Waals surface area contributed by atoms with E-state index in [-0.39, 0.29) is 6.04 Å². The van der Waals surface area contributed by atoms with Crippen molar-refractivity contribution >= 4 is 34.2 Å². The quantitative estimate of drug-likeness (QED) is 0.782. The van der Waals surface area contributed by atoms with Crippen LogP contribution < -0.4 is 10.1 Å². The molecule has 0 bridgehead atoms. The Morgan fingerprint density at radius 1 is 1.30 bits per heavy atom. The van der Waals surface area contributed by atoms with Crippen molar-refractivity contribution in [3.63, 3.8) is 0 Å². The smallest absolute Gasteiger partial charge is 0.127 e. The van der Waals surface area contributed by atoms with Gasteiger partial charge in [0.1, 0.15) is 5.75 Å². The Bertz CT molecular complexity index is 644. The molecule has 1 heterocycles. The molecule has 0 amide bonds. The van der Waals surface area contributed by atoms with Crippen LogP contribution in [0.2, 0.25) is 5.02 Å². The molecule has 1 N–H and O–H groups in total. The van der Waals surface area contributed by atoms with Gasteiger partial charge in [0.15, 0.2) is 0 Å². The number of halogens is 2. The Balaban J connectivity index is 2.10. The summed E-state index contributed by atoms with van der Waals surface area (Å²) >= 11 is 8.60. The van der Waals surface area contributed by atoms with E-state index in [2.05, 4.69) is 52.2 Å². The van der Waals surface area contributed by atoms with Gasteiger partial charge >= 0.3 is 0 Å². The van der Waals surface area contributed by atoms with Gasteiger partial charge in [-0.25, -0.2) is 0 Å². The van der Waals surface area contributed by atoms with Crippen LogP contribution in [0.4, 0.5) is 0 Å². The molecule has 0 aliphatic carbocycles. The van der Waals surface area contributed by atoms with Crippen LogP contribution >= 0.6 is 34.2 Å². The predicted molar refractivity (Wildman–Crippen MR) is 90.7 cm³/mol. The maximum Gasteiger partial charge on any atom is 0.127 e. The highest BCUT2D eigenvalue weighted by atomic mass is 127. The molecule has 0 spiro atoms. The minimum atomic E-state index is 0.0928. The van der Waals surface area contributed by atoms with Gasteiger partial charge in [0.25, 0.3) is 0 Å². The number of hydrogen-bond donors (Lipinski definition) is 1. The van der Waals surface area contributed by atoms with Gasteiger partial charge in [0.2, 0.25) is 0 Å². The van der Waals surface area contributed by atoms with Crippen LogP contribution in [-0.2, 0) is 6.42 Å². The average Bonchev–Trinajstić information content (AvgIpc) is 2.87. The lowest BCUT2D eigenvalue weighted by Gasteiger charge is -2.20. The average molecular weight is 400 g/mol. The molecule has 0 saturated carbocycles. The minimum Gasteiger partial charge on any atom is -0.493 e. The molecule has 2 nitrogen and oxygen atoms in total. The lowest BCUT2D eigenvalue weighted by molar-refractivity contribution is 0.351. The van der Waals surface area contributed by atoms with Crippen molar-refractivity contribution in [2.24, 2.45) is 0 Å². The summed E-state index contributed by atoms with van der Waals surface area (Å²) in [5.41, 5.74) is 3.55. The van der Waals surface area contributed by atoms with Crippen LogP contribution in [0.1, 0.15) is 22.7 Å². The van der Waals surface area contributed by atoms with Gasteiger partial charge in [0, 0.05) is 20.6 Å². The summed E-state index contributed by atoms with van der Waals surface area (Å²) in [7, 11) is 1.97. The zero-order chi connectivity index (χ0) is 14.1. The molecule has 0 radical (unpaired) electrons. The highest BCUT2D eigenvalue weighted by Crippen LogP contribution is 2.38. The fraction of sp³-hybridized carbons (Fsp3) is 0.250. The van der Waals surface area contributed by atoms with Crippen molar-refractivity contribution < 1.29 is 4.74 Å². The Kier molecular flexibility index (Phi) is 4.19. The fourth-order valence-corrected chi connectivity index (χ4v) is 3.52. The molecule has 1 aliphatic rings. The summed E-state index contributed by atoms with van der Waals surface area (Å²) in [6.07, 6.45) is 0.936. The van der Waals surface area contributed by atoms with Crippen molar-refractivity contribution in [2.45, 2.75) is 12.5 Å². The second-order valence-electron chi connectivity index (χ2n) is 4.86. The molecular formula is C16H15ClINO. The van der Waals surface area contributed by atoms with Crippen LogP contribution in [-0.4, -0.2) is 13.7 Å². The minimum absolute atomic E-state index is 0.0928. The second-order valence-corrected chi connectivity index (χ2v) is 6.54.